The summed E-state index contributed by atoms with van der Waals surface area (Å²) in [6, 6.07) is 0.343. The first-order valence-corrected chi connectivity index (χ1v) is 6.40. The van der Waals surface area contributed by atoms with Crippen molar-refractivity contribution in [2.45, 2.75) is 52.7 Å². The highest BCUT2D eigenvalue weighted by atomic mass is 16.3. The Kier molecular flexibility index (Phi) is 6.72. The van der Waals surface area contributed by atoms with Gasteiger partial charge in [-0.1, -0.05) is 20.3 Å². The molecule has 0 heterocycles. The van der Waals surface area contributed by atoms with Crippen molar-refractivity contribution in [2.75, 3.05) is 20.1 Å². The van der Waals surface area contributed by atoms with E-state index in [1.807, 2.05) is 39.6 Å². The van der Waals surface area contributed by atoms with Crippen molar-refractivity contribution in [1.82, 2.24) is 10.2 Å². The number of likely N-dealkylation sites (N-methyl/N-ethyl adjacent to an activating group) is 1. The van der Waals surface area contributed by atoms with Crippen molar-refractivity contribution in [1.29, 1.82) is 0 Å². The van der Waals surface area contributed by atoms with Crippen LogP contribution >= 0.6 is 0 Å². The molecule has 0 radical (unpaired) electrons. The van der Waals surface area contributed by atoms with Crippen LogP contribution in [-0.2, 0) is 4.79 Å². The van der Waals surface area contributed by atoms with Gasteiger partial charge in [0.2, 0.25) is 5.91 Å². The molecule has 0 bridgehead atoms. The Bertz CT molecular complexity index is 240. The molecule has 4 heteroatoms. The monoisotopic (exact) mass is 244 g/mol. The lowest BCUT2D eigenvalue weighted by atomic mass is 9.89. The lowest BCUT2D eigenvalue weighted by Gasteiger charge is -2.30. The van der Waals surface area contributed by atoms with Crippen LogP contribution in [-0.4, -0.2) is 47.7 Å². The van der Waals surface area contributed by atoms with E-state index in [1.54, 1.807) is 6.92 Å². The number of aliphatic hydroxyl groups is 1. The van der Waals surface area contributed by atoms with E-state index in [-0.39, 0.29) is 11.8 Å². The van der Waals surface area contributed by atoms with Gasteiger partial charge in [0.1, 0.15) is 0 Å². The predicted octanol–water partition coefficient (Wildman–Crippen LogP) is 1.24. The van der Waals surface area contributed by atoms with Crippen LogP contribution in [0.4, 0.5) is 0 Å². The van der Waals surface area contributed by atoms with Gasteiger partial charge in [0.15, 0.2) is 0 Å². The molecule has 0 aliphatic carbocycles. The minimum absolute atomic E-state index is 0.0372. The maximum Gasteiger partial charge on any atom is 0.234 e. The summed E-state index contributed by atoms with van der Waals surface area (Å²) in [7, 11) is 1.91. The average molecular weight is 244 g/mol. The normalized spacial score (nSPS) is 17.0. The lowest BCUT2D eigenvalue weighted by molar-refractivity contribution is -0.124. The fourth-order valence-corrected chi connectivity index (χ4v) is 1.36. The molecular formula is C13H28N2O2. The first kappa shape index (κ1) is 16.4. The highest BCUT2D eigenvalue weighted by Crippen LogP contribution is 2.18. The highest BCUT2D eigenvalue weighted by molar-refractivity contribution is 5.78. The Hall–Kier alpha value is -0.610. The zero-order chi connectivity index (χ0) is 13.6. The summed E-state index contributed by atoms with van der Waals surface area (Å²) in [5.74, 6) is 0.135. The molecule has 0 aromatic heterocycles. The molecule has 0 rings (SSSR count). The van der Waals surface area contributed by atoms with Crippen LogP contribution < -0.4 is 5.32 Å². The standard InChI is InChI=1S/C13H28N2O2/c1-7-11(4)13(5,17)9-14-12(16)8-15(6)10(2)3/h10-11,17H,7-9H2,1-6H3,(H,14,16). The van der Waals surface area contributed by atoms with Gasteiger partial charge in [-0.3, -0.25) is 9.69 Å². The third kappa shape index (κ3) is 6.03. The predicted molar refractivity (Wildman–Crippen MR) is 70.9 cm³/mol. The van der Waals surface area contributed by atoms with Crippen LogP contribution in [0.3, 0.4) is 0 Å². The Balaban J connectivity index is 4.07. The number of carbonyl (C=O) groups excluding carboxylic acids is 1. The smallest absolute Gasteiger partial charge is 0.234 e. The lowest BCUT2D eigenvalue weighted by Crippen LogP contribution is -2.47. The minimum Gasteiger partial charge on any atom is -0.388 e. The molecule has 0 fully saturated rings. The maximum atomic E-state index is 11.7. The molecule has 4 nitrogen and oxygen atoms in total. The number of carbonyl (C=O) groups is 1. The van der Waals surface area contributed by atoms with Crippen molar-refractivity contribution in [3.8, 4) is 0 Å². The highest BCUT2D eigenvalue weighted by Gasteiger charge is 2.27. The SMILES string of the molecule is CCC(C)C(C)(O)CNC(=O)CN(C)C(C)C. The van der Waals surface area contributed by atoms with Gasteiger partial charge in [-0.15, -0.1) is 0 Å². The fraction of sp³-hybridized carbons (Fsp3) is 0.923. The van der Waals surface area contributed by atoms with E-state index < -0.39 is 5.60 Å². The molecular weight excluding hydrogens is 216 g/mol. The van der Waals surface area contributed by atoms with Crippen molar-refractivity contribution < 1.29 is 9.90 Å². The van der Waals surface area contributed by atoms with Gasteiger partial charge in [-0.25, -0.2) is 0 Å². The molecule has 0 spiro atoms. The zero-order valence-corrected chi connectivity index (χ0v) is 12.1. The molecule has 0 aliphatic heterocycles. The third-order valence-electron chi connectivity index (χ3n) is 3.59. The summed E-state index contributed by atoms with van der Waals surface area (Å²) in [5.41, 5.74) is -0.833. The van der Waals surface area contributed by atoms with Crippen molar-refractivity contribution in [3.05, 3.63) is 0 Å². The first-order chi connectivity index (χ1) is 7.70. The molecule has 102 valence electrons. The molecule has 0 aliphatic rings. The van der Waals surface area contributed by atoms with Gasteiger partial charge in [0, 0.05) is 12.6 Å². The van der Waals surface area contributed by atoms with Crippen LogP contribution in [0.25, 0.3) is 0 Å². The van der Waals surface area contributed by atoms with Gasteiger partial charge in [0.25, 0.3) is 0 Å². The quantitative estimate of drug-likeness (QED) is 0.708. The molecule has 1 amide bonds. The Morgan fingerprint density at radius 2 is 1.94 bits per heavy atom. The topological polar surface area (TPSA) is 52.6 Å². The summed E-state index contributed by atoms with van der Waals surface area (Å²) in [6.45, 7) is 10.6. The second-order valence-corrected chi connectivity index (χ2v) is 5.45. The van der Waals surface area contributed by atoms with E-state index in [9.17, 15) is 9.90 Å². The van der Waals surface area contributed by atoms with Gasteiger partial charge in [-0.2, -0.15) is 0 Å². The fourth-order valence-electron chi connectivity index (χ4n) is 1.36. The summed E-state index contributed by atoms with van der Waals surface area (Å²) < 4.78 is 0. The second kappa shape index (κ2) is 6.97. The van der Waals surface area contributed by atoms with Gasteiger partial charge < -0.3 is 10.4 Å². The maximum absolute atomic E-state index is 11.7. The largest absolute Gasteiger partial charge is 0.388 e. The van der Waals surface area contributed by atoms with E-state index in [4.69, 9.17) is 0 Å². The number of amides is 1. The molecule has 0 saturated heterocycles. The van der Waals surface area contributed by atoms with Crippen LogP contribution in [0, 0.1) is 5.92 Å². The molecule has 2 N–H and O–H groups in total. The molecule has 2 atom stereocenters. The summed E-state index contributed by atoms with van der Waals surface area (Å²) >= 11 is 0. The van der Waals surface area contributed by atoms with Crippen molar-refractivity contribution in [3.63, 3.8) is 0 Å². The average Bonchev–Trinajstić information content (AvgIpc) is 2.25. The summed E-state index contributed by atoms with van der Waals surface area (Å²) in [5, 5.41) is 12.9. The number of nitrogens with one attached hydrogen (secondary N) is 1. The van der Waals surface area contributed by atoms with E-state index in [0.717, 1.165) is 6.42 Å². The van der Waals surface area contributed by atoms with Crippen molar-refractivity contribution >= 4 is 5.91 Å². The first-order valence-electron chi connectivity index (χ1n) is 6.40. The molecule has 2 unspecified atom stereocenters. The van der Waals surface area contributed by atoms with Crippen LogP contribution in [0.15, 0.2) is 0 Å². The number of hydrogen-bond acceptors (Lipinski definition) is 3. The van der Waals surface area contributed by atoms with Crippen molar-refractivity contribution in [2.24, 2.45) is 5.92 Å². The molecule has 0 saturated carbocycles. The minimum atomic E-state index is -0.833. The molecule has 0 aromatic rings. The van der Waals surface area contributed by atoms with Gasteiger partial charge >= 0.3 is 0 Å². The second-order valence-electron chi connectivity index (χ2n) is 5.45. The van der Waals surface area contributed by atoms with Crippen LogP contribution in [0.2, 0.25) is 0 Å². The summed E-state index contributed by atoms with van der Waals surface area (Å²) in [6.07, 6.45) is 0.898. The molecule has 17 heavy (non-hydrogen) atoms. The van der Waals surface area contributed by atoms with Crippen LogP contribution in [0.1, 0.15) is 41.0 Å². The van der Waals surface area contributed by atoms with E-state index in [2.05, 4.69) is 5.32 Å². The van der Waals surface area contributed by atoms with E-state index in [1.165, 1.54) is 0 Å². The Labute approximate surface area is 105 Å². The Morgan fingerprint density at radius 3 is 2.35 bits per heavy atom. The summed E-state index contributed by atoms with van der Waals surface area (Å²) in [4.78, 5) is 13.6. The van der Waals surface area contributed by atoms with Gasteiger partial charge in [-0.05, 0) is 33.7 Å². The third-order valence-corrected chi connectivity index (χ3v) is 3.59. The zero-order valence-electron chi connectivity index (χ0n) is 12.1. The van der Waals surface area contributed by atoms with Gasteiger partial charge in [0.05, 0.1) is 12.1 Å². The van der Waals surface area contributed by atoms with E-state index in [0.29, 0.717) is 19.1 Å². The number of hydrogen-bond donors (Lipinski definition) is 2. The number of rotatable bonds is 7. The molecule has 0 aromatic carbocycles. The van der Waals surface area contributed by atoms with E-state index >= 15 is 0 Å². The Morgan fingerprint density at radius 1 is 1.41 bits per heavy atom. The van der Waals surface area contributed by atoms with Crippen LogP contribution in [0.5, 0.6) is 0 Å². The number of nitrogens with zero attached hydrogens (tertiary/aromatic N) is 1.